The van der Waals surface area contributed by atoms with Crippen molar-refractivity contribution in [2.24, 2.45) is 0 Å². The third-order valence-corrected chi connectivity index (χ3v) is 5.82. The molecule has 0 saturated carbocycles. The quantitative estimate of drug-likeness (QED) is 0.569. The number of rotatable bonds is 6. The van der Waals surface area contributed by atoms with Crippen LogP contribution in [0, 0.1) is 11.6 Å². The first-order chi connectivity index (χ1) is 14.2. The molecule has 0 unspecified atom stereocenters. The molecule has 156 valence electrons. The summed E-state index contributed by atoms with van der Waals surface area (Å²) in [6.45, 7) is 4.12. The van der Waals surface area contributed by atoms with Crippen LogP contribution in [0.25, 0.3) is 0 Å². The van der Waals surface area contributed by atoms with E-state index in [1.54, 1.807) is 24.3 Å². The minimum Gasteiger partial charge on any atom is -0.322 e. The first-order valence-corrected chi connectivity index (χ1v) is 10.6. The van der Waals surface area contributed by atoms with Gasteiger partial charge in [0.2, 0.25) is 0 Å². The minimum absolute atomic E-state index is 0.0125. The Bertz CT molecular complexity index is 1180. The Morgan fingerprint density at radius 3 is 2.20 bits per heavy atom. The number of anilines is 2. The summed E-state index contributed by atoms with van der Waals surface area (Å²) in [6.07, 6.45) is 0. The van der Waals surface area contributed by atoms with Crippen molar-refractivity contribution in [3.05, 3.63) is 89.5 Å². The van der Waals surface area contributed by atoms with Gasteiger partial charge in [-0.05, 0) is 53.9 Å². The summed E-state index contributed by atoms with van der Waals surface area (Å²) < 4.78 is 54.0. The Balaban J connectivity index is 1.84. The van der Waals surface area contributed by atoms with Gasteiger partial charge in [0.25, 0.3) is 15.9 Å². The average molecular weight is 430 g/mol. The molecule has 0 saturated heterocycles. The highest BCUT2D eigenvalue weighted by Crippen LogP contribution is 2.23. The summed E-state index contributed by atoms with van der Waals surface area (Å²) in [4.78, 5) is 12.3. The van der Waals surface area contributed by atoms with Gasteiger partial charge in [-0.1, -0.05) is 38.1 Å². The SMILES string of the molecule is CC(C)c1ccc(NC(=O)c2ccccc2NS(=O)(=O)c2ccc(F)c(F)c2)cc1. The van der Waals surface area contributed by atoms with Crippen LogP contribution in [-0.2, 0) is 10.0 Å². The van der Waals surface area contributed by atoms with Gasteiger partial charge in [-0.15, -0.1) is 0 Å². The van der Waals surface area contributed by atoms with Crippen LogP contribution >= 0.6 is 0 Å². The first kappa shape index (κ1) is 21.4. The van der Waals surface area contributed by atoms with Crippen LogP contribution in [0.5, 0.6) is 0 Å². The van der Waals surface area contributed by atoms with Gasteiger partial charge < -0.3 is 5.32 Å². The molecule has 8 heteroatoms. The second-order valence-electron chi connectivity index (χ2n) is 6.96. The Morgan fingerprint density at radius 1 is 0.900 bits per heavy atom. The van der Waals surface area contributed by atoms with E-state index in [1.165, 1.54) is 12.1 Å². The predicted molar refractivity (Wildman–Crippen MR) is 112 cm³/mol. The fourth-order valence-corrected chi connectivity index (χ4v) is 3.86. The fraction of sp³-hybridized carbons (Fsp3) is 0.136. The molecular weight excluding hydrogens is 410 g/mol. The van der Waals surface area contributed by atoms with Gasteiger partial charge in [-0.2, -0.15) is 0 Å². The number of benzene rings is 3. The van der Waals surface area contributed by atoms with Crippen molar-refractivity contribution in [2.75, 3.05) is 10.0 Å². The first-order valence-electron chi connectivity index (χ1n) is 9.15. The summed E-state index contributed by atoms with van der Waals surface area (Å²) >= 11 is 0. The van der Waals surface area contributed by atoms with Crippen LogP contribution in [0.4, 0.5) is 20.2 Å². The van der Waals surface area contributed by atoms with E-state index in [2.05, 4.69) is 23.9 Å². The second-order valence-corrected chi connectivity index (χ2v) is 8.64. The Kier molecular flexibility index (Phi) is 6.17. The fourth-order valence-electron chi connectivity index (χ4n) is 2.77. The maximum atomic E-state index is 13.4. The molecule has 0 aromatic heterocycles. The lowest BCUT2D eigenvalue weighted by Gasteiger charge is -2.13. The van der Waals surface area contributed by atoms with E-state index in [9.17, 15) is 22.0 Å². The number of carbonyl (C=O) groups is 1. The zero-order valence-corrected chi connectivity index (χ0v) is 17.1. The molecule has 0 aliphatic rings. The third-order valence-electron chi connectivity index (χ3n) is 4.45. The molecule has 3 rings (SSSR count). The van der Waals surface area contributed by atoms with E-state index in [0.29, 0.717) is 17.7 Å². The number of halogens is 2. The van der Waals surface area contributed by atoms with Crippen LogP contribution in [0.3, 0.4) is 0 Å². The lowest BCUT2D eigenvalue weighted by atomic mass is 10.0. The van der Waals surface area contributed by atoms with Crippen LogP contribution in [0.1, 0.15) is 35.7 Å². The van der Waals surface area contributed by atoms with Crippen molar-refractivity contribution in [1.82, 2.24) is 0 Å². The molecule has 3 aromatic carbocycles. The molecule has 0 fully saturated rings. The highest BCUT2D eigenvalue weighted by molar-refractivity contribution is 7.92. The molecule has 1 amide bonds. The maximum absolute atomic E-state index is 13.4. The summed E-state index contributed by atoms with van der Waals surface area (Å²) in [5.74, 6) is -2.61. The minimum atomic E-state index is -4.23. The molecule has 5 nitrogen and oxygen atoms in total. The Hall–Kier alpha value is -3.26. The summed E-state index contributed by atoms with van der Waals surface area (Å²) in [6, 6.07) is 15.6. The van der Waals surface area contributed by atoms with Gasteiger partial charge in [0.15, 0.2) is 11.6 Å². The van der Waals surface area contributed by atoms with E-state index >= 15 is 0 Å². The lowest BCUT2D eigenvalue weighted by molar-refractivity contribution is 0.102. The van der Waals surface area contributed by atoms with Gasteiger partial charge in [0, 0.05) is 5.69 Å². The number of hydrogen-bond acceptors (Lipinski definition) is 3. The smallest absolute Gasteiger partial charge is 0.262 e. The number of nitrogens with one attached hydrogen (secondary N) is 2. The van der Waals surface area contributed by atoms with E-state index in [1.807, 2.05) is 12.1 Å². The predicted octanol–water partition coefficient (Wildman–Crippen LogP) is 5.14. The highest BCUT2D eigenvalue weighted by Gasteiger charge is 2.20. The van der Waals surface area contributed by atoms with Crippen LogP contribution in [-0.4, -0.2) is 14.3 Å². The van der Waals surface area contributed by atoms with Gasteiger partial charge in [-0.3, -0.25) is 9.52 Å². The van der Waals surface area contributed by atoms with Crippen LogP contribution in [0.15, 0.2) is 71.6 Å². The van der Waals surface area contributed by atoms with Crippen molar-refractivity contribution in [3.63, 3.8) is 0 Å². The number of amides is 1. The zero-order valence-electron chi connectivity index (χ0n) is 16.3. The monoisotopic (exact) mass is 430 g/mol. The molecule has 0 aliphatic carbocycles. The molecule has 0 spiro atoms. The normalized spacial score (nSPS) is 11.4. The lowest BCUT2D eigenvalue weighted by Crippen LogP contribution is -2.18. The van der Waals surface area contributed by atoms with E-state index < -0.39 is 32.5 Å². The number of hydrogen-bond donors (Lipinski definition) is 2. The molecule has 0 radical (unpaired) electrons. The van der Waals surface area contributed by atoms with E-state index in [-0.39, 0.29) is 11.3 Å². The maximum Gasteiger partial charge on any atom is 0.262 e. The van der Waals surface area contributed by atoms with Gasteiger partial charge in [0.1, 0.15) is 0 Å². The van der Waals surface area contributed by atoms with Crippen LogP contribution < -0.4 is 10.0 Å². The number of sulfonamides is 1. The van der Waals surface area contributed by atoms with Gasteiger partial charge >= 0.3 is 0 Å². The Labute approximate surface area is 173 Å². The third kappa shape index (κ3) is 4.83. The highest BCUT2D eigenvalue weighted by atomic mass is 32.2. The van der Waals surface area contributed by atoms with Crippen molar-refractivity contribution in [3.8, 4) is 0 Å². The topological polar surface area (TPSA) is 75.3 Å². The summed E-state index contributed by atoms with van der Waals surface area (Å²) in [5.41, 5.74) is 1.77. The molecule has 0 bridgehead atoms. The summed E-state index contributed by atoms with van der Waals surface area (Å²) in [7, 11) is -4.23. The van der Waals surface area contributed by atoms with Crippen molar-refractivity contribution < 1.29 is 22.0 Å². The van der Waals surface area contributed by atoms with Crippen LogP contribution in [0.2, 0.25) is 0 Å². The molecule has 0 atom stereocenters. The molecular formula is C22H20F2N2O3S. The number of carbonyl (C=O) groups excluding carboxylic acids is 1. The molecule has 0 aliphatic heterocycles. The average Bonchev–Trinajstić information content (AvgIpc) is 2.70. The van der Waals surface area contributed by atoms with Gasteiger partial charge in [0.05, 0.1) is 16.1 Å². The van der Waals surface area contributed by atoms with Crippen molar-refractivity contribution >= 4 is 27.3 Å². The molecule has 2 N–H and O–H groups in total. The standard InChI is InChI=1S/C22H20F2N2O3S/c1-14(2)15-7-9-16(10-8-15)25-22(27)18-5-3-4-6-21(18)26-30(28,29)17-11-12-19(23)20(24)13-17/h3-14,26H,1-2H3,(H,25,27). The molecule has 3 aromatic rings. The van der Waals surface area contributed by atoms with Crippen molar-refractivity contribution in [1.29, 1.82) is 0 Å². The van der Waals surface area contributed by atoms with Gasteiger partial charge in [-0.25, -0.2) is 17.2 Å². The van der Waals surface area contributed by atoms with Crippen molar-refractivity contribution in [2.45, 2.75) is 24.7 Å². The number of para-hydroxylation sites is 1. The molecule has 0 heterocycles. The Morgan fingerprint density at radius 2 is 1.57 bits per heavy atom. The van der Waals surface area contributed by atoms with E-state index in [0.717, 1.165) is 17.7 Å². The largest absolute Gasteiger partial charge is 0.322 e. The summed E-state index contributed by atoms with van der Waals surface area (Å²) in [5, 5.41) is 2.72. The second kappa shape index (κ2) is 8.62. The molecule has 30 heavy (non-hydrogen) atoms. The zero-order chi connectivity index (χ0) is 21.9. The van der Waals surface area contributed by atoms with E-state index in [4.69, 9.17) is 0 Å².